The van der Waals surface area contributed by atoms with Crippen molar-refractivity contribution >= 4 is 21.6 Å². The second-order valence-corrected chi connectivity index (χ2v) is 7.20. The van der Waals surface area contributed by atoms with Gasteiger partial charge in [-0.1, -0.05) is 36.7 Å². The molecule has 0 aromatic heterocycles. The molecule has 0 fully saturated rings. The summed E-state index contributed by atoms with van der Waals surface area (Å²) in [5.41, 5.74) is 8.85. The standard InChI is InChI=1S/C17H29BrN2/c1-6-16(19)10-14-9-15(18)7-8-17(14)20(13(4)5)11-12(2)3/h7-9,12-13,16H,6,10-11,19H2,1-5H3. The number of hydrogen-bond acceptors (Lipinski definition) is 2. The zero-order chi connectivity index (χ0) is 15.3. The summed E-state index contributed by atoms with van der Waals surface area (Å²) in [5, 5.41) is 0. The van der Waals surface area contributed by atoms with Crippen LogP contribution in [0.4, 0.5) is 5.69 Å². The molecule has 2 N–H and O–H groups in total. The third-order valence-corrected chi connectivity index (χ3v) is 4.04. The first-order chi connectivity index (χ1) is 9.35. The Morgan fingerprint density at radius 2 is 1.85 bits per heavy atom. The van der Waals surface area contributed by atoms with Crippen molar-refractivity contribution in [2.75, 3.05) is 11.4 Å². The van der Waals surface area contributed by atoms with Gasteiger partial charge in [-0.25, -0.2) is 0 Å². The molecule has 1 atom stereocenters. The molecule has 1 unspecified atom stereocenters. The maximum atomic E-state index is 6.17. The van der Waals surface area contributed by atoms with E-state index in [9.17, 15) is 0 Å². The molecule has 1 rings (SSSR count). The highest BCUT2D eigenvalue weighted by Crippen LogP contribution is 2.28. The van der Waals surface area contributed by atoms with Crippen LogP contribution >= 0.6 is 15.9 Å². The molecular formula is C17H29BrN2. The molecule has 2 nitrogen and oxygen atoms in total. The van der Waals surface area contributed by atoms with Gasteiger partial charge in [-0.15, -0.1) is 0 Å². The minimum Gasteiger partial charge on any atom is -0.369 e. The van der Waals surface area contributed by atoms with Gasteiger partial charge in [-0.3, -0.25) is 0 Å². The summed E-state index contributed by atoms with van der Waals surface area (Å²) < 4.78 is 1.13. The first-order valence-corrected chi connectivity index (χ1v) is 8.45. The molecule has 1 aromatic rings. The Balaban J connectivity index is 3.12. The maximum absolute atomic E-state index is 6.17. The zero-order valence-corrected chi connectivity index (χ0v) is 15.1. The molecule has 114 valence electrons. The number of hydrogen-bond donors (Lipinski definition) is 1. The van der Waals surface area contributed by atoms with Crippen LogP contribution in [0.1, 0.15) is 46.6 Å². The average molecular weight is 341 g/mol. The fraction of sp³-hybridized carbons (Fsp3) is 0.647. The maximum Gasteiger partial charge on any atom is 0.0402 e. The van der Waals surface area contributed by atoms with Crippen molar-refractivity contribution in [1.29, 1.82) is 0 Å². The molecule has 0 aliphatic carbocycles. The predicted molar refractivity (Wildman–Crippen MR) is 93.4 cm³/mol. The van der Waals surface area contributed by atoms with Gasteiger partial charge < -0.3 is 10.6 Å². The normalized spacial score (nSPS) is 13.1. The van der Waals surface area contributed by atoms with Gasteiger partial charge in [0, 0.05) is 28.8 Å². The number of rotatable bonds is 7. The molecule has 0 saturated heterocycles. The van der Waals surface area contributed by atoms with Gasteiger partial charge in [0.25, 0.3) is 0 Å². The summed E-state index contributed by atoms with van der Waals surface area (Å²) in [7, 11) is 0. The molecule has 0 radical (unpaired) electrons. The van der Waals surface area contributed by atoms with Crippen LogP contribution < -0.4 is 10.6 Å². The molecule has 1 aromatic carbocycles. The van der Waals surface area contributed by atoms with E-state index in [1.165, 1.54) is 11.3 Å². The van der Waals surface area contributed by atoms with Crippen molar-refractivity contribution < 1.29 is 0 Å². The van der Waals surface area contributed by atoms with Gasteiger partial charge in [-0.05, 0) is 56.4 Å². The van der Waals surface area contributed by atoms with Crippen molar-refractivity contribution in [2.45, 2.75) is 59.5 Å². The lowest BCUT2D eigenvalue weighted by Gasteiger charge is -2.33. The van der Waals surface area contributed by atoms with Crippen molar-refractivity contribution in [3.05, 3.63) is 28.2 Å². The van der Waals surface area contributed by atoms with E-state index in [1.807, 2.05) is 0 Å². The van der Waals surface area contributed by atoms with E-state index in [1.54, 1.807) is 0 Å². The zero-order valence-electron chi connectivity index (χ0n) is 13.5. The third-order valence-electron chi connectivity index (χ3n) is 3.54. The molecule has 20 heavy (non-hydrogen) atoms. The fourth-order valence-electron chi connectivity index (χ4n) is 2.41. The largest absolute Gasteiger partial charge is 0.369 e. The summed E-state index contributed by atoms with van der Waals surface area (Å²) in [4.78, 5) is 2.49. The van der Waals surface area contributed by atoms with Crippen molar-refractivity contribution in [3.8, 4) is 0 Å². The van der Waals surface area contributed by atoms with Gasteiger partial charge in [0.1, 0.15) is 0 Å². The molecule has 0 spiro atoms. The molecule has 0 heterocycles. The Kier molecular flexibility index (Phi) is 7.04. The minimum atomic E-state index is 0.233. The van der Waals surface area contributed by atoms with E-state index in [2.05, 4.69) is 73.6 Å². The highest BCUT2D eigenvalue weighted by molar-refractivity contribution is 9.10. The van der Waals surface area contributed by atoms with Crippen molar-refractivity contribution in [1.82, 2.24) is 0 Å². The average Bonchev–Trinajstić information content (AvgIpc) is 2.36. The number of anilines is 1. The van der Waals surface area contributed by atoms with E-state index < -0.39 is 0 Å². The monoisotopic (exact) mass is 340 g/mol. The first-order valence-electron chi connectivity index (χ1n) is 7.65. The molecule has 3 heteroatoms. The predicted octanol–water partition coefficient (Wildman–Crippen LogP) is 4.60. The molecule has 0 aliphatic rings. The van der Waals surface area contributed by atoms with Crippen LogP contribution in [0.25, 0.3) is 0 Å². The van der Waals surface area contributed by atoms with Crippen LogP contribution in [0.5, 0.6) is 0 Å². The first kappa shape index (κ1) is 17.5. The van der Waals surface area contributed by atoms with Crippen LogP contribution in [-0.2, 0) is 6.42 Å². The highest BCUT2D eigenvalue weighted by Gasteiger charge is 2.17. The lowest BCUT2D eigenvalue weighted by atomic mass is 10.0. The SMILES string of the molecule is CCC(N)Cc1cc(Br)ccc1N(CC(C)C)C(C)C. The Bertz CT molecular complexity index is 415. The van der Waals surface area contributed by atoms with Crippen LogP contribution in [-0.4, -0.2) is 18.6 Å². The van der Waals surface area contributed by atoms with E-state index in [-0.39, 0.29) is 6.04 Å². The van der Waals surface area contributed by atoms with E-state index in [0.29, 0.717) is 12.0 Å². The summed E-state index contributed by atoms with van der Waals surface area (Å²) in [6.07, 6.45) is 1.95. The van der Waals surface area contributed by atoms with Gasteiger partial charge >= 0.3 is 0 Å². The second-order valence-electron chi connectivity index (χ2n) is 6.29. The quantitative estimate of drug-likeness (QED) is 0.785. The van der Waals surface area contributed by atoms with E-state index >= 15 is 0 Å². The van der Waals surface area contributed by atoms with Crippen LogP contribution in [0.3, 0.4) is 0 Å². The molecule has 0 bridgehead atoms. The smallest absolute Gasteiger partial charge is 0.0402 e. The van der Waals surface area contributed by atoms with Gasteiger partial charge in [0.15, 0.2) is 0 Å². The summed E-state index contributed by atoms with van der Waals surface area (Å²) in [5.74, 6) is 0.647. The molecule has 0 saturated carbocycles. The van der Waals surface area contributed by atoms with Crippen molar-refractivity contribution in [3.63, 3.8) is 0 Å². The van der Waals surface area contributed by atoms with Crippen molar-refractivity contribution in [2.24, 2.45) is 11.7 Å². The lowest BCUT2D eigenvalue weighted by molar-refractivity contribution is 0.566. The van der Waals surface area contributed by atoms with Gasteiger partial charge in [-0.2, -0.15) is 0 Å². The Morgan fingerprint density at radius 3 is 2.35 bits per heavy atom. The fourth-order valence-corrected chi connectivity index (χ4v) is 2.81. The van der Waals surface area contributed by atoms with Crippen LogP contribution in [0.15, 0.2) is 22.7 Å². The van der Waals surface area contributed by atoms with Crippen LogP contribution in [0.2, 0.25) is 0 Å². The highest BCUT2D eigenvalue weighted by atomic mass is 79.9. The molecule has 0 aliphatic heterocycles. The lowest BCUT2D eigenvalue weighted by Crippen LogP contribution is -2.35. The second kappa shape index (κ2) is 8.04. The van der Waals surface area contributed by atoms with E-state index in [4.69, 9.17) is 5.73 Å². The molecule has 0 amide bonds. The van der Waals surface area contributed by atoms with Gasteiger partial charge in [0.05, 0.1) is 0 Å². The Labute approximate surface area is 132 Å². The number of benzene rings is 1. The van der Waals surface area contributed by atoms with Gasteiger partial charge in [0.2, 0.25) is 0 Å². The van der Waals surface area contributed by atoms with Crippen LogP contribution in [0, 0.1) is 5.92 Å². The number of nitrogens with zero attached hydrogens (tertiary/aromatic N) is 1. The Hall–Kier alpha value is -0.540. The summed E-state index contributed by atoms with van der Waals surface area (Å²) >= 11 is 3.59. The Morgan fingerprint density at radius 1 is 1.20 bits per heavy atom. The topological polar surface area (TPSA) is 29.3 Å². The minimum absolute atomic E-state index is 0.233. The number of halogens is 1. The molecular weight excluding hydrogens is 312 g/mol. The number of nitrogens with two attached hydrogens (primary N) is 1. The third kappa shape index (κ3) is 5.10. The summed E-state index contributed by atoms with van der Waals surface area (Å²) in [6, 6.07) is 7.31. The summed E-state index contributed by atoms with van der Waals surface area (Å²) in [6.45, 7) is 12.3. The van der Waals surface area contributed by atoms with E-state index in [0.717, 1.165) is 23.9 Å².